The van der Waals surface area contributed by atoms with Crippen molar-refractivity contribution < 1.29 is 22.9 Å². The molecular weight excluding hydrogens is 317 g/mol. The molecule has 130 valence electrons. The van der Waals surface area contributed by atoms with E-state index >= 15 is 0 Å². The van der Waals surface area contributed by atoms with Crippen LogP contribution in [-0.4, -0.2) is 51.0 Å². The van der Waals surface area contributed by atoms with Crippen LogP contribution in [0.25, 0.3) is 0 Å². The van der Waals surface area contributed by atoms with E-state index in [1.165, 1.54) is 6.42 Å². The molecule has 4 rings (SSSR count). The van der Waals surface area contributed by atoms with E-state index in [2.05, 4.69) is 18.0 Å². The minimum absolute atomic E-state index is 0.0484. The number of allylic oxidation sites excluding steroid dienone is 1. The van der Waals surface area contributed by atoms with E-state index in [0.717, 1.165) is 51.2 Å². The van der Waals surface area contributed by atoms with Gasteiger partial charge in [0.25, 0.3) is 0 Å². The van der Waals surface area contributed by atoms with E-state index in [1.54, 1.807) is 0 Å². The molecule has 0 saturated carbocycles. The minimum atomic E-state index is -3.46. The average molecular weight is 343 g/mol. The molecule has 4 aliphatic rings. The van der Waals surface area contributed by atoms with Gasteiger partial charge in [-0.05, 0) is 51.3 Å². The van der Waals surface area contributed by atoms with Gasteiger partial charge in [0, 0.05) is 31.1 Å². The molecule has 3 fully saturated rings. The van der Waals surface area contributed by atoms with Crippen LogP contribution < -0.4 is 0 Å². The highest BCUT2D eigenvalue weighted by molar-refractivity contribution is 7.48. The molecule has 0 aromatic rings. The molecule has 0 N–H and O–H groups in total. The first kappa shape index (κ1) is 16.1. The lowest BCUT2D eigenvalue weighted by atomic mass is 9.82. The molecule has 0 aromatic heterocycles. The molecule has 1 spiro atoms. The van der Waals surface area contributed by atoms with Crippen LogP contribution >= 0.6 is 7.82 Å². The fourth-order valence-electron chi connectivity index (χ4n) is 4.13. The molecule has 2 unspecified atom stereocenters. The number of likely N-dealkylation sites (tertiary alicyclic amines) is 1. The largest absolute Gasteiger partial charge is 0.529 e. The Labute approximate surface area is 137 Å². The number of rotatable bonds is 2. The van der Waals surface area contributed by atoms with Gasteiger partial charge in [0.15, 0.2) is 0 Å². The second-order valence-electron chi connectivity index (χ2n) is 7.40. The zero-order valence-electron chi connectivity index (χ0n) is 13.7. The SMILES string of the molecule is CN1CCC2CC=C(OP3(=O)OCC4(CCOCC4)CO3)CC21. The van der Waals surface area contributed by atoms with Crippen LogP contribution in [0.1, 0.15) is 32.1 Å². The summed E-state index contributed by atoms with van der Waals surface area (Å²) in [7, 11) is -1.31. The maximum Gasteiger partial charge on any atom is 0.529 e. The van der Waals surface area contributed by atoms with Crippen LogP contribution in [-0.2, 0) is 22.9 Å². The van der Waals surface area contributed by atoms with Gasteiger partial charge in [0.05, 0.1) is 13.2 Å². The molecule has 1 aliphatic carbocycles. The highest BCUT2D eigenvalue weighted by Gasteiger charge is 2.46. The van der Waals surface area contributed by atoms with E-state index < -0.39 is 7.82 Å². The second-order valence-corrected chi connectivity index (χ2v) is 9.00. The molecule has 0 bridgehead atoms. The molecule has 3 aliphatic heterocycles. The molecule has 3 heterocycles. The first-order chi connectivity index (χ1) is 11.1. The standard InChI is InChI=1S/C16H26NO5P/c1-17-7-4-13-2-3-14(10-15(13)17)22-23(18)20-11-16(12-21-23)5-8-19-9-6-16/h3,13,15H,2,4-12H2,1H3. The second kappa shape index (κ2) is 6.16. The average Bonchev–Trinajstić information content (AvgIpc) is 2.93. The van der Waals surface area contributed by atoms with Gasteiger partial charge in [-0.3, -0.25) is 9.05 Å². The summed E-state index contributed by atoms with van der Waals surface area (Å²) in [6.07, 6.45) is 6.89. The third kappa shape index (κ3) is 3.24. The highest BCUT2D eigenvalue weighted by Crippen LogP contribution is 2.58. The third-order valence-electron chi connectivity index (χ3n) is 5.86. The van der Waals surface area contributed by atoms with Crippen LogP contribution in [0.5, 0.6) is 0 Å². The topological polar surface area (TPSA) is 57.2 Å². The van der Waals surface area contributed by atoms with Gasteiger partial charge in [0.2, 0.25) is 0 Å². The fourth-order valence-corrected chi connectivity index (χ4v) is 5.61. The van der Waals surface area contributed by atoms with Gasteiger partial charge < -0.3 is 14.2 Å². The number of nitrogens with zero attached hydrogens (tertiary/aromatic N) is 1. The zero-order valence-corrected chi connectivity index (χ0v) is 14.6. The Morgan fingerprint density at radius 1 is 1.30 bits per heavy atom. The van der Waals surface area contributed by atoms with E-state index in [0.29, 0.717) is 25.2 Å². The molecular formula is C16H26NO5P. The molecule has 0 amide bonds. The maximum absolute atomic E-state index is 12.7. The Bertz CT molecular complexity index is 517. The Hall–Kier alpha value is -0.390. The van der Waals surface area contributed by atoms with Crippen LogP contribution in [0.4, 0.5) is 0 Å². The van der Waals surface area contributed by atoms with E-state index in [4.69, 9.17) is 18.3 Å². The summed E-state index contributed by atoms with van der Waals surface area (Å²) in [5, 5.41) is 0. The molecule has 23 heavy (non-hydrogen) atoms. The van der Waals surface area contributed by atoms with Crippen LogP contribution in [0.15, 0.2) is 11.8 Å². The van der Waals surface area contributed by atoms with Crippen molar-refractivity contribution in [2.45, 2.75) is 38.1 Å². The Kier molecular flexibility index (Phi) is 4.31. The number of ether oxygens (including phenoxy) is 1. The number of phosphoric acid groups is 1. The van der Waals surface area contributed by atoms with Gasteiger partial charge in [-0.15, -0.1) is 0 Å². The summed E-state index contributed by atoms with van der Waals surface area (Å²) in [4.78, 5) is 2.37. The first-order valence-electron chi connectivity index (χ1n) is 8.63. The van der Waals surface area contributed by atoms with Crippen molar-refractivity contribution in [2.75, 3.05) is 40.0 Å². The van der Waals surface area contributed by atoms with E-state index in [-0.39, 0.29) is 5.41 Å². The zero-order chi connectivity index (χ0) is 15.9. The minimum Gasteiger partial charge on any atom is -0.409 e. The fraction of sp³-hybridized carbons (Fsp3) is 0.875. The summed E-state index contributed by atoms with van der Waals surface area (Å²) in [5.74, 6) is 1.47. The lowest BCUT2D eigenvalue weighted by molar-refractivity contribution is -0.0736. The molecule has 6 nitrogen and oxygen atoms in total. The first-order valence-corrected chi connectivity index (χ1v) is 10.1. The van der Waals surface area contributed by atoms with Crippen LogP contribution in [0, 0.1) is 11.3 Å². The van der Waals surface area contributed by atoms with Crippen molar-refractivity contribution in [1.29, 1.82) is 0 Å². The Morgan fingerprint density at radius 2 is 2.04 bits per heavy atom. The summed E-state index contributed by atoms with van der Waals surface area (Å²) in [5.41, 5.74) is -0.0484. The van der Waals surface area contributed by atoms with Crippen molar-refractivity contribution in [2.24, 2.45) is 11.3 Å². The molecule has 3 saturated heterocycles. The lowest BCUT2D eigenvalue weighted by Crippen LogP contribution is -2.40. The van der Waals surface area contributed by atoms with Crippen molar-refractivity contribution in [1.82, 2.24) is 4.90 Å². The van der Waals surface area contributed by atoms with E-state index in [1.807, 2.05) is 0 Å². The lowest BCUT2D eigenvalue weighted by Gasteiger charge is -2.41. The summed E-state index contributed by atoms with van der Waals surface area (Å²) in [6.45, 7) is 3.45. The Balaban J connectivity index is 1.37. The third-order valence-corrected chi connectivity index (χ3v) is 7.21. The van der Waals surface area contributed by atoms with Crippen molar-refractivity contribution in [3.63, 3.8) is 0 Å². The predicted octanol–water partition coefficient (Wildman–Crippen LogP) is 2.95. The van der Waals surface area contributed by atoms with Gasteiger partial charge in [-0.2, -0.15) is 0 Å². The monoisotopic (exact) mass is 343 g/mol. The highest BCUT2D eigenvalue weighted by atomic mass is 31.2. The summed E-state index contributed by atoms with van der Waals surface area (Å²) < 4.78 is 35.1. The molecule has 7 heteroatoms. The van der Waals surface area contributed by atoms with Gasteiger partial charge in [-0.1, -0.05) is 0 Å². The smallest absolute Gasteiger partial charge is 0.409 e. The molecule has 2 atom stereocenters. The molecule has 0 radical (unpaired) electrons. The predicted molar refractivity (Wildman–Crippen MR) is 84.9 cm³/mol. The Morgan fingerprint density at radius 3 is 2.78 bits per heavy atom. The van der Waals surface area contributed by atoms with E-state index in [9.17, 15) is 4.57 Å². The van der Waals surface area contributed by atoms with Gasteiger partial charge in [-0.25, -0.2) is 4.57 Å². The van der Waals surface area contributed by atoms with Crippen molar-refractivity contribution in [3.8, 4) is 0 Å². The summed E-state index contributed by atoms with van der Waals surface area (Å²) >= 11 is 0. The van der Waals surface area contributed by atoms with Gasteiger partial charge in [0.1, 0.15) is 5.76 Å². The maximum atomic E-state index is 12.7. The van der Waals surface area contributed by atoms with Crippen molar-refractivity contribution >= 4 is 7.82 Å². The number of hydrogen-bond acceptors (Lipinski definition) is 6. The number of fused-ring (bicyclic) bond motifs is 1. The normalized spacial score (nSPS) is 36.5. The van der Waals surface area contributed by atoms with Crippen LogP contribution in [0.3, 0.4) is 0 Å². The van der Waals surface area contributed by atoms with Gasteiger partial charge >= 0.3 is 7.82 Å². The van der Waals surface area contributed by atoms with Crippen molar-refractivity contribution in [3.05, 3.63) is 11.8 Å². The molecule has 0 aromatic carbocycles. The number of hydrogen-bond donors (Lipinski definition) is 0. The summed E-state index contributed by atoms with van der Waals surface area (Å²) in [6, 6.07) is 0.494. The number of phosphoric ester groups is 1. The van der Waals surface area contributed by atoms with Crippen LogP contribution in [0.2, 0.25) is 0 Å². The quantitative estimate of drug-likeness (QED) is 0.719.